The van der Waals surface area contributed by atoms with Crippen LogP contribution in [-0.4, -0.2) is 29.3 Å². The van der Waals surface area contributed by atoms with Crippen molar-refractivity contribution in [2.75, 3.05) is 6.54 Å². The molecule has 0 aromatic rings. The van der Waals surface area contributed by atoms with E-state index in [0.717, 1.165) is 12.8 Å². The Morgan fingerprint density at radius 2 is 2.43 bits per heavy atom. The predicted octanol–water partition coefficient (Wildman–Crippen LogP) is -0.264. The zero-order valence-electron chi connectivity index (χ0n) is 7.53. The molecule has 0 radical (unpaired) electrons. The molecule has 0 aliphatic carbocycles. The lowest BCUT2D eigenvalue weighted by atomic mass is 9.74. The summed E-state index contributed by atoms with van der Waals surface area (Å²) in [5, 5.41) is 2.57. The third-order valence-electron chi connectivity index (χ3n) is 3.69. The fourth-order valence-corrected chi connectivity index (χ4v) is 3.44. The summed E-state index contributed by atoms with van der Waals surface area (Å²) < 4.78 is 5.78. The van der Waals surface area contributed by atoms with Gasteiger partial charge in [0.2, 0.25) is 5.91 Å². The minimum atomic E-state index is -0.384. The Labute approximate surface area is 86.8 Å². The molecule has 0 aromatic carbocycles. The van der Waals surface area contributed by atoms with Gasteiger partial charge in [0, 0.05) is 6.54 Å². The Balaban J connectivity index is 2.03. The molecule has 3 heterocycles. The van der Waals surface area contributed by atoms with E-state index < -0.39 is 0 Å². The van der Waals surface area contributed by atoms with Crippen molar-refractivity contribution in [3.05, 3.63) is 0 Å². The first-order valence-corrected chi connectivity index (χ1v) is 5.27. The van der Waals surface area contributed by atoms with Crippen LogP contribution in [0.1, 0.15) is 12.8 Å². The molecule has 1 amide bonds. The van der Waals surface area contributed by atoms with Gasteiger partial charge >= 0.3 is 0 Å². The van der Waals surface area contributed by atoms with E-state index in [0.29, 0.717) is 6.54 Å². The number of nitrogens with one attached hydrogen (secondary N) is 1. The van der Waals surface area contributed by atoms with E-state index in [9.17, 15) is 9.59 Å². The van der Waals surface area contributed by atoms with Crippen molar-refractivity contribution in [3.8, 4) is 0 Å². The highest BCUT2D eigenvalue weighted by atomic mass is 32.1. The van der Waals surface area contributed by atoms with Crippen molar-refractivity contribution in [2.45, 2.75) is 24.5 Å². The third kappa shape index (κ3) is 0.846. The summed E-state index contributed by atoms with van der Waals surface area (Å²) >= 11 is 3.85. The van der Waals surface area contributed by atoms with Gasteiger partial charge in [0.25, 0.3) is 0 Å². The molecule has 3 fully saturated rings. The van der Waals surface area contributed by atoms with Crippen LogP contribution in [0.5, 0.6) is 0 Å². The van der Waals surface area contributed by atoms with Crippen LogP contribution in [0.25, 0.3) is 0 Å². The Kier molecular flexibility index (Phi) is 1.57. The molecule has 0 saturated carbocycles. The Hall–Kier alpha value is -0.550. The van der Waals surface area contributed by atoms with Crippen molar-refractivity contribution in [3.63, 3.8) is 0 Å². The molecule has 76 valence electrons. The lowest BCUT2D eigenvalue weighted by molar-refractivity contribution is -0.128. The number of carbonyl (C=O) groups excluding carboxylic acids is 2. The molecule has 2 bridgehead atoms. The van der Waals surface area contributed by atoms with Gasteiger partial charge in [-0.2, -0.15) is 0 Å². The largest absolute Gasteiger partial charge is 0.368 e. The second-order valence-corrected chi connectivity index (χ2v) is 4.76. The summed E-state index contributed by atoms with van der Waals surface area (Å²) in [5.74, 6) is -0.652. The summed E-state index contributed by atoms with van der Waals surface area (Å²) in [5.41, 5.74) is -0.384. The third-order valence-corrected chi connectivity index (χ3v) is 3.99. The molecule has 1 N–H and O–H groups in total. The molecule has 3 saturated heterocycles. The highest BCUT2D eigenvalue weighted by Gasteiger charge is 2.66. The number of fused-ring (bicyclic) bond motifs is 1. The predicted molar refractivity (Wildman–Crippen MR) is 50.8 cm³/mol. The molecule has 4 atom stereocenters. The molecule has 3 aliphatic rings. The normalized spacial score (nSPS) is 49.2. The van der Waals surface area contributed by atoms with E-state index in [-0.39, 0.29) is 34.6 Å². The van der Waals surface area contributed by atoms with Crippen molar-refractivity contribution < 1.29 is 14.3 Å². The lowest BCUT2D eigenvalue weighted by Crippen LogP contribution is -2.40. The Morgan fingerprint density at radius 1 is 1.64 bits per heavy atom. The fraction of sp³-hybridized carbons (Fsp3) is 0.778. The van der Waals surface area contributed by atoms with Crippen molar-refractivity contribution in [1.82, 2.24) is 5.32 Å². The van der Waals surface area contributed by atoms with E-state index in [4.69, 9.17) is 4.74 Å². The number of carbonyl (C=O) groups is 2. The standard InChI is InChI=1S/C9H11NO3S/c11-7-6-5(8(12)14)4-1-2-9(6,13-4)3-10-7/h4-6H,1-3H2,(H,10,11)(H,12,14). The number of hydrogen-bond acceptors (Lipinski definition) is 3. The number of amides is 1. The molecule has 14 heavy (non-hydrogen) atoms. The average Bonchev–Trinajstić information content (AvgIpc) is 2.75. The van der Waals surface area contributed by atoms with Crippen LogP contribution in [0.15, 0.2) is 0 Å². The SMILES string of the molecule is O=C(S)C1C2CCC3(CNC(=O)C13)O2. The van der Waals surface area contributed by atoms with E-state index in [1.807, 2.05) is 0 Å². The van der Waals surface area contributed by atoms with Gasteiger partial charge in [-0.05, 0) is 12.8 Å². The summed E-state index contributed by atoms with van der Waals surface area (Å²) in [7, 11) is 0. The number of ether oxygens (including phenoxy) is 1. The summed E-state index contributed by atoms with van der Waals surface area (Å²) in [4.78, 5) is 22.9. The number of thiol groups is 1. The maximum atomic E-state index is 11.6. The molecule has 4 unspecified atom stereocenters. The maximum absolute atomic E-state index is 11.6. The quantitative estimate of drug-likeness (QED) is 0.590. The lowest BCUT2D eigenvalue weighted by Gasteiger charge is -2.25. The van der Waals surface area contributed by atoms with Crippen molar-refractivity contribution >= 4 is 23.7 Å². The first-order valence-electron chi connectivity index (χ1n) is 4.82. The Morgan fingerprint density at radius 3 is 3.14 bits per heavy atom. The van der Waals surface area contributed by atoms with Crippen LogP contribution < -0.4 is 5.32 Å². The monoisotopic (exact) mass is 213 g/mol. The minimum absolute atomic E-state index is 0.0420. The van der Waals surface area contributed by atoms with Crippen LogP contribution in [0.4, 0.5) is 0 Å². The van der Waals surface area contributed by atoms with Crippen LogP contribution >= 0.6 is 12.6 Å². The van der Waals surface area contributed by atoms with Crippen molar-refractivity contribution in [2.24, 2.45) is 11.8 Å². The van der Waals surface area contributed by atoms with Gasteiger partial charge in [0.1, 0.15) is 0 Å². The molecular formula is C9H11NO3S. The molecule has 1 spiro atoms. The van der Waals surface area contributed by atoms with Crippen LogP contribution in [0, 0.1) is 11.8 Å². The summed E-state index contributed by atoms with van der Waals surface area (Å²) in [6, 6.07) is 0. The average molecular weight is 213 g/mol. The minimum Gasteiger partial charge on any atom is -0.368 e. The van der Waals surface area contributed by atoms with Gasteiger partial charge in [-0.15, -0.1) is 12.6 Å². The summed E-state index contributed by atoms with van der Waals surface area (Å²) in [6.45, 7) is 0.560. The van der Waals surface area contributed by atoms with Gasteiger partial charge in [0.15, 0.2) is 5.12 Å². The maximum Gasteiger partial charge on any atom is 0.227 e. The first kappa shape index (κ1) is 8.73. The van der Waals surface area contributed by atoms with Gasteiger partial charge in [0.05, 0.1) is 23.5 Å². The van der Waals surface area contributed by atoms with E-state index in [1.165, 1.54) is 0 Å². The zero-order valence-corrected chi connectivity index (χ0v) is 8.42. The second-order valence-electron chi connectivity index (χ2n) is 4.32. The smallest absolute Gasteiger partial charge is 0.227 e. The van der Waals surface area contributed by atoms with Crippen molar-refractivity contribution in [1.29, 1.82) is 0 Å². The number of rotatable bonds is 1. The molecule has 3 aliphatic heterocycles. The molecule has 3 rings (SSSR count). The van der Waals surface area contributed by atoms with Gasteiger partial charge in [-0.3, -0.25) is 9.59 Å². The van der Waals surface area contributed by atoms with E-state index in [1.54, 1.807) is 0 Å². The first-order chi connectivity index (χ1) is 6.64. The van der Waals surface area contributed by atoms with Crippen LogP contribution in [-0.2, 0) is 14.3 Å². The van der Waals surface area contributed by atoms with E-state index >= 15 is 0 Å². The topological polar surface area (TPSA) is 55.4 Å². The summed E-state index contributed by atoms with van der Waals surface area (Å²) in [6.07, 6.45) is 1.69. The zero-order chi connectivity index (χ0) is 9.92. The fourth-order valence-electron chi connectivity index (χ4n) is 3.12. The second kappa shape index (κ2) is 2.52. The molecule has 4 nitrogen and oxygen atoms in total. The molecule has 5 heteroatoms. The van der Waals surface area contributed by atoms with Gasteiger partial charge in [-0.25, -0.2) is 0 Å². The molecule has 0 aromatic heterocycles. The van der Waals surface area contributed by atoms with Gasteiger partial charge in [-0.1, -0.05) is 0 Å². The van der Waals surface area contributed by atoms with Gasteiger partial charge < -0.3 is 10.1 Å². The van der Waals surface area contributed by atoms with Crippen LogP contribution in [0.3, 0.4) is 0 Å². The Bertz CT molecular complexity index is 332. The highest BCUT2D eigenvalue weighted by Crippen LogP contribution is 2.53. The highest BCUT2D eigenvalue weighted by molar-refractivity contribution is 7.96. The van der Waals surface area contributed by atoms with E-state index in [2.05, 4.69) is 17.9 Å². The number of hydrogen-bond donors (Lipinski definition) is 2. The van der Waals surface area contributed by atoms with Crippen LogP contribution in [0.2, 0.25) is 0 Å². The molecular weight excluding hydrogens is 202 g/mol.